The molecule has 1 amide bonds. The number of pyridine rings is 1. The van der Waals surface area contributed by atoms with E-state index < -0.39 is 5.91 Å². The predicted molar refractivity (Wildman–Crippen MR) is 114 cm³/mol. The second-order valence-electron chi connectivity index (χ2n) is 6.29. The molecule has 0 aliphatic carbocycles. The van der Waals surface area contributed by atoms with E-state index in [1.165, 1.54) is 12.3 Å². The van der Waals surface area contributed by atoms with Crippen molar-refractivity contribution in [1.29, 1.82) is 5.41 Å². The lowest BCUT2D eigenvalue weighted by Crippen LogP contribution is -2.24. The SMILES string of the molecule is N=CCC=Nc1cccc(NCCn2ccc3ccc(C(=O)NO)cc3c2=O)c1. The van der Waals surface area contributed by atoms with E-state index in [0.717, 1.165) is 16.8 Å². The zero-order valence-corrected chi connectivity index (χ0v) is 15.6. The highest BCUT2D eigenvalue weighted by molar-refractivity contribution is 5.97. The number of aliphatic imine (C=N–C) groups is 1. The summed E-state index contributed by atoms with van der Waals surface area (Å²) < 4.78 is 1.57. The van der Waals surface area contributed by atoms with Gasteiger partial charge in [-0.1, -0.05) is 12.1 Å². The van der Waals surface area contributed by atoms with Crippen molar-refractivity contribution < 1.29 is 10.0 Å². The summed E-state index contributed by atoms with van der Waals surface area (Å²) in [7, 11) is 0. The number of hydroxylamine groups is 1. The van der Waals surface area contributed by atoms with Crippen LogP contribution in [0.3, 0.4) is 0 Å². The molecule has 0 unspecified atom stereocenters. The van der Waals surface area contributed by atoms with Crippen LogP contribution >= 0.6 is 0 Å². The molecule has 3 aromatic rings. The quantitative estimate of drug-likeness (QED) is 0.268. The summed E-state index contributed by atoms with van der Waals surface area (Å²) in [6, 6.07) is 14.1. The number of aromatic nitrogens is 1. The van der Waals surface area contributed by atoms with Gasteiger partial charge in [-0.05, 0) is 41.8 Å². The van der Waals surface area contributed by atoms with Gasteiger partial charge in [0.25, 0.3) is 11.5 Å². The van der Waals surface area contributed by atoms with Crippen LogP contribution in [0.2, 0.25) is 0 Å². The first kappa shape index (κ1) is 20.0. The molecule has 0 atom stereocenters. The average molecular weight is 391 g/mol. The molecule has 0 saturated carbocycles. The number of hydrogen-bond acceptors (Lipinski definition) is 6. The summed E-state index contributed by atoms with van der Waals surface area (Å²) in [5, 5.41) is 20.2. The van der Waals surface area contributed by atoms with E-state index in [9.17, 15) is 9.59 Å². The highest BCUT2D eigenvalue weighted by Crippen LogP contribution is 2.17. The Hall–Kier alpha value is -3.78. The number of fused-ring (bicyclic) bond motifs is 1. The first-order chi connectivity index (χ1) is 14.1. The van der Waals surface area contributed by atoms with Crippen LogP contribution in [0.5, 0.6) is 0 Å². The third-order valence-electron chi connectivity index (χ3n) is 4.33. The highest BCUT2D eigenvalue weighted by atomic mass is 16.5. The van der Waals surface area contributed by atoms with Crippen LogP contribution in [-0.4, -0.2) is 34.7 Å². The van der Waals surface area contributed by atoms with Crippen molar-refractivity contribution in [2.24, 2.45) is 4.99 Å². The summed E-state index contributed by atoms with van der Waals surface area (Å²) in [6.07, 6.45) is 5.17. The number of hydrogen-bond donors (Lipinski definition) is 4. The molecular weight excluding hydrogens is 370 g/mol. The minimum absolute atomic E-state index is 0.207. The van der Waals surface area contributed by atoms with Crippen molar-refractivity contribution in [2.45, 2.75) is 13.0 Å². The van der Waals surface area contributed by atoms with Crippen molar-refractivity contribution >= 4 is 40.5 Å². The smallest absolute Gasteiger partial charge is 0.274 e. The molecule has 8 heteroatoms. The largest absolute Gasteiger partial charge is 0.383 e. The van der Waals surface area contributed by atoms with Gasteiger partial charge in [0.15, 0.2) is 0 Å². The number of anilines is 1. The Labute approximate surface area is 167 Å². The standard InChI is InChI=1S/C21H21N5O3/c22-8-2-9-23-17-3-1-4-18(14-17)24-10-12-26-11-7-15-5-6-16(20(27)25-29)13-19(15)21(26)28/h1,3-9,11,13-14,22,24,29H,2,10,12H2,(H,25,27). The summed E-state index contributed by atoms with van der Waals surface area (Å²) in [5.41, 5.74) is 3.25. The Morgan fingerprint density at radius 2 is 2.07 bits per heavy atom. The molecule has 0 spiro atoms. The normalized spacial score (nSPS) is 10.9. The van der Waals surface area contributed by atoms with Crippen molar-refractivity contribution in [3.05, 3.63) is 70.6 Å². The van der Waals surface area contributed by atoms with Gasteiger partial charge in [0.2, 0.25) is 0 Å². The number of nitrogens with zero attached hydrogens (tertiary/aromatic N) is 2. The monoisotopic (exact) mass is 391 g/mol. The van der Waals surface area contributed by atoms with Crippen molar-refractivity contribution in [2.75, 3.05) is 11.9 Å². The van der Waals surface area contributed by atoms with Gasteiger partial charge >= 0.3 is 0 Å². The molecule has 2 aromatic carbocycles. The molecule has 1 heterocycles. The van der Waals surface area contributed by atoms with E-state index in [4.69, 9.17) is 10.6 Å². The predicted octanol–water partition coefficient (Wildman–Crippen LogP) is 2.97. The van der Waals surface area contributed by atoms with Gasteiger partial charge in [0.1, 0.15) is 0 Å². The second kappa shape index (κ2) is 9.43. The van der Waals surface area contributed by atoms with Crippen LogP contribution in [0, 0.1) is 5.41 Å². The Morgan fingerprint density at radius 1 is 1.21 bits per heavy atom. The lowest BCUT2D eigenvalue weighted by atomic mass is 10.1. The lowest BCUT2D eigenvalue weighted by molar-refractivity contribution is 0.0706. The summed E-state index contributed by atoms with van der Waals surface area (Å²) >= 11 is 0. The Balaban J connectivity index is 1.71. The molecule has 0 bridgehead atoms. The third-order valence-corrected chi connectivity index (χ3v) is 4.33. The Kier molecular flexibility index (Phi) is 6.49. The van der Waals surface area contributed by atoms with Gasteiger partial charge in [-0.25, -0.2) is 5.48 Å². The van der Waals surface area contributed by atoms with Gasteiger partial charge in [-0.2, -0.15) is 0 Å². The molecule has 0 aliphatic heterocycles. The van der Waals surface area contributed by atoms with Gasteiger partial charge < -0.3 is 15.3 Å². The molecule has 3 rings (SSSR count). The first-order valence-corrected chi connectivity index (χ1v) is 9.05. The maximum atomic E-state index is 12.7. The average Bonchev–Trinajstić information content (AvgIpc) is 2.75. The topological polar surface area (TPSA) is 120 Å². The number of rotatable bonds is 8. The fraction of sp³-hybridized carbons (Fsp3) is 0.143. The van der Waals surface area contributed by atoms with Crippen LogP contribution in [0.1, 0.15) is 16.8 Å². The van der Waals surface area contributed by atoms with E-state index in [0.29, 0.717) is 24.9 Å². The second-order valence-corrected chi connectivity index (χ2v) is 6.29. The van der Waals surface area contributed by atoms with Crippen molar-refractivity contribution in [3.8, 4) is 0 Å². The summed E-state index contributed by atoms with van der Waals surface area (Å²) in [5.74, 6) is -0.661. The van der Waals surface area contributed by atoms with E-state index >= 15 is 0 Å². The maximum absolute atomic E-state index is 12.7. The van der Waals surface area contributed by atoms with Crippen molar-refractivity contribution in [3.63, 3.8) is 0 Å². The van der Waals surface area contributed by atoms with E-state index in [1.54, 1.807) is 34.6 Å². The number of carbonyl (C=O) groups excluding carboxylic acids is 1. The minimum Gasteiger partial charge on any atom is -0.383 e. The Bertz CT molecular complexity index is 1120. The summed E-state index contributed by atoms with van der Waals surface area (Å²) in [6.45, 7) is 0.961. The molecule has 0 radical (unpaired) electrons. The van der Waals surface area contributed by atoms with Crippen LogP contribution in [0.15, 0.2) is 64.5 Å². The molecule has 8 nitrogen and oxygen atoms in total. The molecule has 4 N–H and O–H groups in total. The van der Waals surface area contributed by atoms with Gasteiger partial charge in [-0.15, -0.1) is 0 Å². The fourth-order valence-corrected chi connectivity index (χ4v) is 2.89. The van der Waals surface area contributed by atoms with Crippen molar-refractivity contribution in [1.82, 2.24) is 10.0 Å². The van der Waals surface area contributed by atoms with E-state index in [-0.39, 0.29) is 11.1 Å². The number of nitrogens with one attached hydrogen (secondary N) is 3. The maximum Gasteiger partial charge on any atom is 0.274 e. The Morgan fingerprint density at radius 3 is 2.86 bits per heavy atom. The molecule has 0 saturated heterocycles. The molecule has 148 valence electrons. The summed E-state index contributed by atoms with van der Waals surface area (Å²) in [4.78, 5) is 28.6. The van der Waals surface area contributed by atoms with E-state index in [1.807, 2.05) is 30.3 Å². The van der Waals surface area contributed by atoms with Crippen LogP contribution in [0.25, 0.3) is 10.8 Å². The van der Waals surface area contributed by atoms with Crippen LogP contribution in [-0.2, 0) is 6.54 Å². The van der Waals surface area contributed by atoms with Gasteiger partial charge in [0.05, 0.1) is 5.69 Å². The fourth-order valence-electron chi connectivity index (χ4n) is 2.89. The molecule has 0 aliphatic rings. The van der Waals surface area contributed by atoms with E-state index in [2.05, 4.69) is 10.3 Å². The molecular formula is C21H21N5O3. The molecule has 0 fully saturated rings. The van der Waals surface area contributed by atoms with Crippen LogP contribution < -0.4 is 16.4 Å². The third kappa shape index (κ3) is 4.94. The van der Waals surface area contributed by atoms with Crippen LogP contribution in [0.4, 0.5) is 11.4 Å². The number of benzene rings is 2. The lowest BCUT2D eigenvalue weighted by Gasteiger charge is -2.10. The molecule has 1 aromatic heterocycles. The minimum atomic E-state index is -0.661. The zero-order chi connectivity index (χ0) is 20.6. The highest BCUT2D eigenvalue weighted by Gasteiger charge is 2.08. The number of amides is 1. The first-order valence-electron chi connectivity index (χ1n) is 9.05. The number of carbonyl (C=O) groups is 1. The van der Waals surface area contributed by atoms with Gasteiger partial charge in [0, 0.05) is 54.8 Å². The molecule has 29 heavy (non-hydrogen) atoms. The zero-order valence-electron chi connectivity index (χ0n) is 15.6. The van der Waals surface area contributed by atoms with Gasteiger partial charge in [-0.3, -0.25) is 19.8 Å².